The molecule has 2 rings (SSSR count). The van der Waals surface area contributed by atoms with Crippen LogP contribution in [0.2, 0.25) is 10.2 Å². The van der Waals surface area contributed by atoms with Gasteiger partial charge in [-0.2, -0.15) is 0 Å². The summed E-state index contributed by atoms with van der Waals surface area (Å²) >= 11 is 11.4. The van der Waals surface area contributed by atoms with Gasteiger partial charge in [0.2, 0.25) is 10.0 Å². The Morgan fingerprint density at radius 2 is 2.28 bits per heavy atom. The van der Waals surface area contributed by atoms with Crippen LogP contribution in [0.1, 0.15) is 12.8 Å². The maximum Gasteiger partial charge on any atom is 0.242 e. The maximum absolute atomic E-state index is 11.9. The third-order valence-electron chi connectivity index (χ3n) is 2.61. The van der Waals surface area contributed by atoms with Gasteiger partial charge >= 0.3 is 0 Å². The van der Waals surface area contributed by atoms with Gasteiger partial charge in [0.25, 0.3) is 0 Å². The lowest BCUT2D eigenvalue weighted by Gasteiger charge is -2.11. The van der Waals surface area contributed by atoms with Gasteiger partial charge in [0.05, 0.1) is 11.1 Å². The van der Waals surface area contributed by atoms with Gasteiger partial charge in [0.15, 0.2) is 0 Å². The van der Waals surface area contributed by atoms with Crippen molar-refractivity contribution in [1.29, 1.82) is 0 Å². The van der Waals surface area contributed by atoms with Crippen LogP contribution >= 0.6 is 23.2 Å². The fourth-order valence-electron chi connectivity index (χ4n) is 1.64. The Bertz CT molecular complexity index is 530. The maximum atomic E-state index is 11.9. The summed E-state index contributed by atoms with van der Waals surface area (Å²) in [4.78, 5) is 3.70. The molecule has 1 fully saturated rings. The van der Waals surface area contributed by atoms with E-state index in [0.29, 0.717) is 6.61 Å². The first-order valence-corrected chi connectivity index (χ1v) is 7.65. The van der Waals surface area contributed by atoms with Crippen LogP contribution in [0.3, 0.4) is 0 Å². The number of halogens is 2. The molecule has 0 spiro atoms. The second kappa shape index (κ2) is 5.71. The smallest absolute Gasteiger partial charge is 0.242 e. The molecule has 5 nitrogen and oxygen atoms in total. The van der Waals surface area contributed by atoms with Crippen LogP contribution in [-0.4, -0.2) is 32.7 Å². The molecule has 0 aromatic carbocycles. The number of nitrogens with one attached hydrogen (secondary N) is 1. The molecule has 0 amide bonds. The Labute approximate surface area is 116 Å². The van der Waals surface area contributed by atoms with Crippen molar-refractivity contribution in [2.75, 3.05) is 13.2 Å². The zero-order chi connectivity index (χ0) is 13.2. The van der Waals surface area contributed by atoms with Crippen molar-refractivity contribution < 1.29 is 13.2 Å². The van der Waals surface area contributed by atoms with E-state index in [2.05, 4.69) is 9.71 Å². The fourth-order valence-corrected chi connectivity index (χ4v) is 3.01. The SMILES string of the molecule is O=S(=O)(NCC1CCCO1)c1cnc(Cl)c(Cl)c1. The molecule has 8 heteroatoms. The predicted molar refractivity (Wildman–Crippen MR) is 68.4 cm³/mol. The van der Waals surface area contributed by atoms with Crippen LogP contribution in [0.5, 0.6) is 0 Å². The van der Waals surface area contributed by atoms with Crippen LogP contribution in [0, 0.1) is 0 Å². The Balaban J connectivity index is 2.07. The van der Waals surface area contributed by atoms with Crippen LogP contribution in [0.25, 0.3) is 0 Å². The number of hydrogen-bond acceptors (Lipinski definition) is 4. The minimum absolute atomic E-state index is 0.00473. The summed E-state index contributed by atoms with van der Waals surface area (Å²) in [6, 6.07) is 1.27. The fraction of sp³-hybridized carbons (Fsp3) is 0.500. The first kappa shape index (κ1) is 14.0. The summed E-state index contributed by atoms with van der Waals surface area (Å²) < 4.78 is 31.7. The number of aromatic nitrogens is 1. The molecule has 0 radical (unpaired) electrons. The van der Waals surface area contributed by atoms with E-state index in [1.54, 1.807) is 0 Å². The number of ether oxygens (including phenoxy) is 1. The summed E-state index contributed by atoms with van der Waals surface area (Å²) in [5.41, 5.74) is 0. The second-order valence-electron chi connectivity index (χ2n) is 3.93. The third-order valence-corrected chi connectivity index (χ3v) is 4.68. The highest BCUT2D eigenvalue weighted by atomic mass is 35.5. The first-order valence-electron chi connectivity index (χ1n) is 5.41. The van der Waals surface area contributed by atoms with Gasteiger partial charge in [0.1, 0.15) is 10.0 Å². The number of sulfonamides is 1. The van der Waals surface area contributed by atoms with E-state index in [1.807, 2.05) is 0 Å². The third kappa shape index (κ3) is 3.33. The van der Waals surface area contributed by atoms with Gasteiger partial charge in [-0.3, -0.25) is 0 Å². The highest BCUT2D eigenvalue weighted by molar-refractivity contribution is 7.89. The zero-order valence-corrected chi connectivity index (χ0v) is 11.7. The minimum Gasteiger partial charge on any atom is -0.377 e. The molecule has 1 unspecified atom stereocenters. The van der Waals surface area contributed by atoms with Crippen molar-refractivity contribution in [3.8, 4) is 0 Å². The highest BCUT2D eigenvalue weighted by Crippen LogP contribution is 2.22. The Kier molecular flexibility index (Phi) is 4.45. The molecule has 2 heterocycles. The van der Waals surface area contributed by atoms with Crippen molar-refractivity contribution in [1.82, 2.24) is 9.71 Å². The van der Waals surface area contributed by atoms with Crippen LogP contribution in [-0.2, 0) is 14.8 Å². The summed E-state index contributed by atoms with van der Waals surface area (Å²) in [6.45, 7) is 0.934. The number of nitrogens with zero attached hydrogens (tertiary/aromatic N) is 1. The number of pyridine rings is 1. The van der Waals surface area contributed by atoms with E-state index in [9.17, 15) is 8.42 Å². The molecule has 1 atom stereocenters. The summed E-state index contributed by atoms with van der Waals surface area (Å²) in [5, 5.41) is 0.186. The van der Waals surface area contributed by atoms with Gasteiger partial charge in [-0.15, -0.1) is 0 Å². The molecule has 1 saturated heterocycles. The standard InChI is InChI=1S/C10H12Cl2N2O3S/c11-9-4-8(6-13-10(9)12)18(15,16)14-5-7-2-1-3-17-7/h4,6-7,14H,1-3,5H2. The highest BCUT2D eigenvalue weighted by Gasteiger charge is 2.21. The summed E-state index contributed by atoms with van der Waals surface area (Å²) in [7, 11) is -3.62. The van der Waals surface area contributed by atoms with Gasteiger partial charge in [0, 0.05) is 19.3 Å². The van der Waals surface area contributed by atoms with Crippen LogP contribution in [0.15, 0.2) is 17.2 Å². The van der Waals surface area contributed by atoms with Crippen LogP contribution in [0.4, 0.5) is 0 Å². The normalized spacial score (nSPS) is 20.2. The van der Waals surface area contributed by atoms with E-state index in [4.69, 9.17) is 27.9 Å². The molecule has 18 heavy (non-hydrogen) atoms. The second-order valence-corrected chi connectivity index (χ2v) is 6.46. The number of hydrogen-bond donors (Lipinski definition) is 1. The quantitative estimate of drug-likeness (QED) is 0.862. The average molecular weight is 311 g/mol. The first-order chi connectivity index (χ1) is 8.49. The van der Waals surface area contributed by atoms with Gasteiger partial charge in [-0.25, -0.2) is 18.1 Å². The molecule has 0 saturated carbocycles. The molecular weight excluding hydrogens is 299 g/mol. The van der Waals surface area contributed by atoms with Crippen molar-refractivity contribution in [2.45, 2.75) is 23.8 Å². The molecule has 1 N–H and O–H groups in total. The van der Waals surface area contributed by atoms with Crippen molar-refractivity contribution in [2.24, 2.45) is 0 Å². The van der Waals surface area contributed by atoms with E-state index >= 15 is 0 Å². The van der Waals surface area contributed by atoms with E-state index in [-0.39, 0.29) is 27.7 Å². The van der Waals surface area contributed by atoms with Crippen LogP contribution < -0.4 is 4.72 Å². The zero-order valence-electron chi connectivity index (χ0n) is 9.40. The molecule has 0 bridgehead atoms. The minimum atomic E-state index is -3.62. The molecule has 0 aliphatic carbocycles. The molecular formula is C10H12Cl2N2O3S. The van der Waals surface area contributed by atoms with Gasteiger partial charge < -0.3 is 4.74 Å². The van der Waals surface area contributed by atoms with E-state index in [1.165, 1.54) is 12.3 Å². The van der Waals surface area contributed by atoms with E-state index < -0.39 is 10.0 Å². The van der Waals surface area contributed by atoms with E-state index in [0.717, 1.165) is 12.8 Å². The van der Waals surface area contributed by atoms with Crippen molar-refractivity contribution >= 4 is 33.2 Å². The molecule has 1 aromatic heterocycles. The Hall–Kier alpha value is -0.400. The molecule has 1 aromatic rings. The Morgan fingerprint density at radius 3 is 2.89 bits per heavy atom. The molecule has 100 valence electrons. The van der Waals surface area contributed by atoms with Gasteiger partial charge in [-0.1, -0.05) is 23.2 Å². The molecule has 1 aliphatic heterocycles. The average Bonchev–Trinajstić information content (AvgIpc) is 2.83. The Morgan fingerprint density at radius 1 is 1.50 bits per heavy atom. The van der Waals surface area contributed by atoms with Crippen molar-refractivity contribution in [3.05, 3.63) is 22.4 Å². The van der Waals surface area contributed by atoms with Crippen molar-refractivity contribution in [3.63, 3.8) is 0 Å². The lowest BCUT2D eigenvalue weighted by molar-refractivity contribution is 0.114. The topological polar surface area (TPSA) is 68.3 Å². The predicted octanol–water partition coefficient (Wildman–Crippen LogP) is 1.85. The summed E-state index contributed by atoms with van der Waals surface area (Å²) in [5.74, 6) is 0. The monoisotopic (exact) mass is 310 g/mol. The molecule has 1 aliphatic rings. The number of rotatable bonds is 4. The lowest BCUT2D eigenvalue weighted by atomic mass is 10.2. The summed E-state index contributed by atoms with van der Waals surface area (Å²) in [6.07, 6.45) is 2.94. The lowest BCUT2D eigenvalue weighted by Crippen LogP contribution is -2.31. The largest absolute Gasteiger partial charge is 0.377 e. The van der Waals surface area contributed by atoms with Gasteiger partial charge in [-0.05, 0) is 18.9 Å².